The number of hydrogen-bond donors (Lipinski definition) is 1. The third-order valence-electron chi connectivity index (χ3n) is 3.65. The first-order valence-electron chi connectivity index (χ1n) is 7.59. The average molecular weight is 341 g/mol. The van der Waals surface area contributed by atoms with Crippen LogP contribution in [0.15, 0.2) is 29.2 Å². The lowest BCUT2D eigenvalue weighted by molar-refractivity contribution is -0.119. The molecule has 1 aromatic carbocycles. The maximum atomic E-state index is 12.1. The number of nitrogens with one attached hydrogen (secondary N) is 1. The van der Waals surface area contributed by atoms with E-state index in [0.29, 0.717) is 12.3 Å². The standard InChI is InChI=1S/C16H23NO3S2/c1-12(2)8-10-22(19,20)11-16(18)17-14-7-9-21-15-6-4-3-5-13(14)15/h3-6,12,14H,7-11H2,1-2H3,(H,17,18)/t14-/m1/s1. The summed E-state index contributed by atoms with van der Waals surface area (Å²) in [6.45, 7) is 3.96. The highest BCUT2D eigenvalue weighted by atomic mass is 32.2. The molecule has 1 amide bonds. The van der Waals surface area contributed by atoms with Crippen LogP contribution in [-0.4, -0.2) is 31.6 Å². The molecule has 22 heavy (non-hydrogen) atoms. The Balaban J connectivity index is 1.96. The van der Waals surface area contributed by atoms with Crippen molar-refractivity contribution < 1.29 is 13.2 Å². The molecule has 1 atom stereocenters. The molecule has 0 radical (unpaired) electrons. The SMILES string of the molecule is CC(C)CCS(=O)(=O)CC(=O)N[C@@H]1CCSc2ccccc21. The van der Waals surface area contributed by atoms with Gasteiger partial charge in [0.15, 0.2) is 9.84 Å². The molecule has 0 aliphatic carbocycles. The normalized spacial score (nSPS) is 18.0. The Morgan fingerprint density at radius 3 is 2.82 bits per heavy atom. The summed E-state index contributed by atoms with van der Waals surface area (Å²) in [5.41, 5.74) is 1.09. The van der Waals surface area contributed by atoms with Crippen LogP contribution >= 0.6 is 11.8 Å². The van der Waals surface area contributed by atoms with Crippen molar-refractivity contribution in [2.75, 3.05) is 17.3 Å². The number of fused-ring (bicyclic) bond motifs is 1. The van der Waals surface area contributed by atoms with Gasteiger partial charge in [-0.05, 0) is 30.4 Å². The number of carbonyl (C=O) groups excluding carboxylic acids is 1. The van der Waals surface area contributed by atoms with Crippen LogP contribution < -0.4 is 5.32 Å². The highest BCUT2D eigenvalue weighted by Gasteiger charge is 2.24. The molecule has 2 rings (SSSR count). The second-order valence-electron chi connectivity index (χ2n) is 6.07. The van der Waals surface area contributed by atoms with Gasteiger partial charge in [-0.3, -0.25) is 4.79 Å². The van der Waals surface area contributed by atoms with Gasteiger partial charge in [0.25, 0.3) is 0 Å². The third kappa shape index (κ3) is 5.02. The molecule has 122 valence electrons. The minimum atomic E-state index is -3.32. The van der Waals surface area contributed by atoms with Crippen LogP contribution in [0.5, 0.6) is 0 Å². The van der Waals surface area contributed by atoms with Crippen molar-refractivity contribution in [1.82, 2.24) is 5.32 Å². The van der Waals surface area contributed by atoms with Crippen LogP contribution in [0.25, 0.3) is 0 Å². The second kappa shape index (κ2) is 7.51. The monoisotopic (exact) mass is 341 g/mol. The highest BCUT2D eigenvalue weighted by molar-refractivity contribution is 7.99. The number of benzene rings is 1. The van der Waals surface area contributed by atoms with Gasteiger partial charge in [-0.1, -0.05) is 32.0 Å². The smallest absolute Gasteiger partial charge is 0.235 e. The van der Waals surface area contributed by atoms with E-state index in [2.05, 4.69) is 5.32 Å². The topological polar surface area (TPSA) is 63.2 Å². The molecular formula is C16H23NO3S2. The molecule has 0 unspecified atom stereocenters. The summed E-state index contributed by atoms with van der Waals surface area (Å²) in [4.78, 5) is 13.3. The van der Waals surface area contributed by atoms with Crippen LogP contribution in [-0.2, 0) is 14.6 Å². The predicted molar refractivity (Wildman–Crippen MR) is 90.8 cm³/mol. The fraction of sp³-hybridized carbons (Fsp3) is 0.562. The zero-order chi connectivity index (χ0) is 16.2. The van der Waals surface area contributed by atoms with Crippen LogP contribution in [0.2, 0.25) is 0 Å². The zero-order valence-electron chi connectivity index (χ0n) is 13.0. The van der Waals surface area contributed by atoms with E-state index in [-0.39, 0.29) is 11.8 Å². The zero-order valence-corrected chi connectivity index (χ0v) is 14.7. The van der Waals surface area contributed by atoms with Gasteiger partial charge in [-0.15, -0.1) is 11.8 Å². The molecule has 0 spiro atoms. The van der Waals surface area contributed by atoms with Crippen LogP contribution in [0.1, 0.15) is 38.3 Å². The summed E-state index contributed by atoms with van der Waals surface area (Å²) in [5.74, 6) is 0.526. The maximum Gasteiger partial charge on any atom is 0.235 e. The quantitative estimate of drug-likeness (QED) is 0.864. The van der Waals surface area contributed by atoms with E-state index in [0.717, 1.165) is 17.7 Å². The van der Waals surface area contributed by atoms with E-state index in [1.54, 1.807) is 11.8 Å². The van der Waals surface area contributed by atoms with Crippen molar-refractivity contribution in [2.24, 2.45) is 5.92 Å². The van der Waals surface area contributed by atoms with Crippen molar-refractivity contribution in [1.29, 1.82) is 0 Å². The molecule has 0 fully saturated rings. The van der Waals surface area contributed by atoms with E-state index < -0.39 is 21.5 Å². The molecule has 6 heteroatoms. The highest BCUT2D eigenvalue weighted by Crippen LogP contribution is 2.35. The first kappa shape index (κ1) is 17.3. The van der Waals surface area contributed by atoms with E-state index in [1.165, 1.54) is 4.90 Å². The summed E-state index contributed by atoms with van der Waals surface area (Å²) in [7, 11) is -3.32. The summed E-state index contributed by atoms with van der Waals surface area (Å²) < 4.78 is 23.9. The van der Waals surface area contributed by atoms with Crippen molar-refractivity contribution in [2.45, 2.75) is 37.6 Å². The summed E-state index contributed by atoms with van der Waals surface area (Å²) in [6, 6.07) is 7.89. The van der Waals surface area contributed by atoms with Gasteiger partial charge in [0, 0.05) is 10.6 Å². The minimum Gasteiger partial charge on any atom is -0.348 e. The molecule has 0 saturated carbocycles. The van der Waals surface area contributed by atoms with E-state index in [1.807, 2.05) is 38.1 Å². The van der Waals surface area contributed by atoms with Gasteiger partial charge >= 0.3 is 0 Å². The maximum absolute atomic E-state index is 12.1. The Morgan fingerprint density at radius 2 is 2.09 bits per heavy atom. The lowest BCUT2D eigenvalue weighted by Gasteiger charge is -2.25. The Hall–Kier alpha value is -1.01. The third-order valence-corrected chi connectivity index (χ3v) is 6.33. The Labute approximate surface area is 137 Å². The van der Waals surface area contributed by atoms with Crippen LogP contribution in [0.4, 0.5) is 0 Å². The van der Waals surface area contributed by atoms with Crippen molar-refractivity contribution >= 4 is 27.5 Å². The number of hydrogen-bond acceptors (Lipinski definition) is 4. The fourth-order valence-electron chi connectivity index (χ4n) is 2.42. The van der Waals surface area contributed by atoms with Gasteiger partial charge in [0.2, 0.25) is 5.91 Å². The number of rotatable bonds is 6. The van der Waals surface area contributed by atoms with Crippen molar-refractivity contribution in [3.05, 3.63) is 29.8 Å². The van der Waals surface area contributed by atoms with Gasteiger partial charge in [-0.2, -0.15) is 0 Å². The van der Waals surface area contributed by atoms with Gasteiger partial charge in [-0.25, -0.2) is 8.42 Å². The minimum absolute atomic E-state index is 0.0785. The Kier molecular flexibility index (Phi) is 5.92. The number of sulfone groups is 1. The average Bonchev–Trinajstić information content (AvgIpc) is 2.45. The first-order chi connectivity index (χ1) is 10.4. The Bertz CT molecular complexity index is 626. The fourth-order valence-corrected chi connectivity index (χ4v) is 5.00. The van der Waals surface area contributed by atoms with Gasteiger partial charge in [0.1, 0.15) is 5.75 Å². The molecule has 0 saturated heterocycles. The molecule has 0 bridgehead atoms. The number of amides is 1. The Morgan fingerprint density at radius 1 is 1.36 bits per heavy atom. The van der Waals surface area contributed by atoms with E-state index in [9.17, 15) is 13.2 Å². The van der Waals surface area contributed by atoms with Crippen LogP contribution in [0, 0.1) is 5.92 Å². The molecular weight excluding hydrogens is 318 g/mol. The van der Waals surface area contributed by atoms with Crippen LogP contribution in [0.3, 0.4) is 0 Å². The first-order valence-corrected chi connectivity index (χ1v) is 10.4. The lowest BCUT2D eigenvalue weighted by atomic mass is 10.0. The second-order valence-corrected chi connectivity index (χ2v) is 9.39. The van der Waals surface area contributed by atoms with E-state index in [4.69, 9.17) is 0 Å². The van der Waals surface area contributed by atoms with E-state index >= 15 is 0 Å². The molecule has 4 nitrogen and oxygen atoms in total. The van der Waals surface area contributed by atoms with Gasteiger partial charge in [0.05, 0.1) is 11.8 Å². The van der Waals surface area contributed by atoms with Gasteiger partial charge < -0.3 is 5.32 Å². The largest absolute Gasteiger partial charge is 0.348 e. The summed E-state index contributed by atoms with van der Waals surface area (Å²) in [5, 5.41) is 2.89. The molecule has 1 N–H and O–H groups in total. The molecule has 1 aliphatic heterocycles. The number of thioether (sulfide) groups is 1. The van der Waals surface area contributed by atoms with Crippen molar-refractivity contribution in [3.63, 3.8) is 0 Å². The number of carbonyl (C=O) groups is 1. The molecule has 1 aliphatic rings. The summed E-state index contributed by atoms with van der Waals surface area (Å²) >= 11 is 1.77. The lowest BCUT2D eigenvalue weighted by Crippen LogP contribution is -2.35. The summed E-state index contributed by atoms with van der Waals surface area (Å²) in [6.07, 6.45) is 1.43. The molecule has 1 heterocycles. The van der Waals surface area contributed by atoms with Crippen molar-refractivity contribution in [3.8, 4) is 0 Å². The molecule has 0 aromatic heterocycles. The molecule has 1 aromatic rings. The predicted octanol–water partition coefficient (Wildman–Crippen LogP) is 2.80.